The number of nitrogens with zero attached hydrogens (tertiary/aromatic N) is 2. The molecule has 0 saturated heterocycles. The Labute approximate surface area is 126 Å². The fourth-order valence-electron chi connectivity index (χ4n) is 2.75. The summed E-state index contributed by atoms with van der Waals surface area (Å²) in [6.45, 7) is 4.54. The molecular formula is C15H23FN2O2S. The molecule has 0 aliphatic heterocycles. The van der Waals surface area contributed by atoms with Gasteiger partial charge in [0.1, 0.15) is 0 Å². The lowest BCUT2D eigenvalue weighted by atomic mass is 10.1. The number of halogens is 1. The average molecular weight is 314 g/mol. The minimum atomic E-state index is -3.86. The maximum Gasteiger partial charge on any atom is 0.263 e. The molecule has 0 atom stereocenters. The standard InChI is InChI=1S/C15H23FN2O2S/c1-12(2)9-11-18(13-6-3-4-7-13)21(19,20)15-14(16)8-5-10-17-15/h5,8,10,12-13H,3-4,6-7,9,11H2,1-2H3. The Morgan fingerprint density at radius 2 is 2.05 bits per heavy atom. The van der Waals surface area contributed by atoms with Crippen LogP contribution in [0.25, 0.3) is 0 Å². The van der Waals surface area contributed by atoms with Gasteiger partial charge in [0.2, 0.25) is 5.03 Å². The van der Waals surface area contributed by atoms with Crippen molar-refractivity contribution in [3.8, 4) is 0 Å². The molecule has 1 aliphatic rings. The molecule has 118 valence electrons. The Morgan fingerprint density at radius 1 is 1.38 bits per heavy atom. The molecule has 1 heterocycles. The summed E-state index contributed by atoms with van der Waals surface area (Å²) in [6, 6.07) is 2.53. The molecule has 0 unspecified atom stereocenters. The van der Waals surface area contributed by atoms with Gasteiger partial charge in [0.25, 0.3) is 10.0 Å². The number of pyridine rings is 1. The Kier molecular flexibility index (Phi) is 5.32. The number of sulfonamides is 1. The molecule has 1 aromatic heterocycles. The Hall–Kier alpha value is -1.01. The highest BCUT2D eigenvalue weighted by atomic mass is 32.2. The van der Waals surface area contributed by atoms with E-state index in [1.807, 2.05) is 0 Å². The molecule has 0 aromatic carbocycles. The number of hydrogen-bond acceptors (Lipinski definition) is 3. The highest BCUT2D eigenvalue weighted by Crippen LogP contribution is 2.29. The number of hydrogen-bond donors (Lipinski definition) is 0. The van der Waals surface area contributed by atoms with Crippen LogP contribution in [0.15, 0.2) is 23.4 Å². The lowest BCUT2D eigenvalue weighted by molar-refractivity contribution is 0.302. The van der Waals surface area contributed by atoms with Gasteiger partial charge in [-0.1, -0.05) is 26.7 Å². The van der Waals surface area contributed by atoms with E-state index in [2.05, 4.69) is 18.8 Å². The van der Waals surface area contributed by atoms with Crippen LogP contribution >= 0.6 is 0 Å². The molecule has 21 heavy (non-hydrogen) atoms. The quantitative estimate of drug-likeness (QED) is 0.810. The molecule has 6 heteroatoms. The van der Waals surface area contributed by atoms with Crippen molar-refractivity contribution in [3.63, 3.8) is 0 Å². The second kappa shape index (κ2) is 6.83. The summed E-state index contributed by atoms with van der Waals surface area (Å²) in [5.74, 6) is -0.372. The lowest BCUT2D eigenvalue weighted by Gasteiger charge is -2.28. The van der Waals surface area contributed by atoms with Gasteiger partial charge in [-0.3, -0.25) is 0 Å². The first-order chi connectivity index (χ1) is 9.93. The van der Waals surface area contributed by atoms with Crippen LogP contribution in [0.3, 0.4) is 0 Å². The fourth-order valence-corrected chi connectivity index (χ4v) is 4.43. The monoisotopic (exact) mass is 314 g/mol. The van der Waals surface area contributed by atoms with Crippen molar-refractivity contribution in [2.24, 2.45) is 5.92 Å². The van der Waals surface area contributed by atoms with Gasteiger partial charge in [-0.2, -0.15) is 4.31 Å². The van der Waals surface area contributed by atoms with Crippen molar-refractivity contribution in [1.29, 1.82) is 0 Å². The topological polar surface area (TPSA) is 50.3 Å². The first-order valence-electron chi connectivity index (χ1n) is 7.55. The molecule has 0 radical (unpaired) electrons. The van der Waals surface area contributed by atoms with E-state index in [-0.39, 0.29) is 6.04 Å². The SMILES string of the molecule is CC(C)CCN(C1CCCC1)S(=O)(=O)c1ncccc1F. The third kappa shape index (κ3) is 3.80. The summed E-state index contributed by atoms with van der Waals surface area (Å²) >= 11 is 0. The minimum Gasteiger partial charge on any atom is -0.241 e. The molecule has 1 saturated carbocycles. The predicted octanol–water partition coefficient (Wildman–Crippen LogP) is 3.20. The molecule has 0 spiro atoms. The summed E-state index contributed by atoms with van der Waals surface area (Å²) in [7, 11) is -3.86. The molecule has 2 rings (SSSR count). The zero-order valence-electron chi connectivity index (χ0n) is 12.6. The van der Waals surface area contributed by atoms with Crippen molar-refractivity contribution in [3.05, 3.63) is 24.1 Å². The Balaban J connectivity index is 2.32. The van der Waals surface area contributed by atoms with E-state index in [9.17, 15) is 12.8 Å². The van der Waals surface area contributed by atoms with Gasteiger partial charge in [-0.25, -0.2) is 17.8 Å². The van der Waals surface area contributed by atoms with E-state index in [0.29, 0.717) is 12.5 Å². The van der Waals surface area contributed by atoms with Crippen LogP contribution in [0.5, 0.6) is 0 Å². The largest absolute Gasteiger partial charge is 0.263 e. The van der Waals surface area contributed by atoms with Crippen LogP contribution < -0.4 is 0 Å². The summed E-state index contributed by atoms with van der Waals surface area (Å²) in [6.07, 6.45) is 5.86. The fraction of sp³-hybridized carbons (Fsp3) is 0.667. The third-order valence-electron chi connectivity index (χ3n) is 3.94. The zero-order chi connectivity index (χ0) is 15.5. The number of aromatic nitrogens is 1. The average Bonchev–Trinajstić information content (AvgIpc) is 2.92. The van der Waals surface area contributed by atoms with Gasteiger partial charge < -0.3 is 0 Å². The van der Waals surface area contributed by atoms with Crippen LogP contribution in [0.4, 0.5) is 4.39 Å². The normalized spacial score (nSPS) is 17.0. The highest BCUT2D eigenvalue weighted by Gasteiger charge is 2.35. The molecule has 0 bridgehead atoms. The van der Waals surface area contributed by atoms with E-state index in [1.165, 1.54) is 16.6 Å². The van der Waals surface area contributed by atoms with Gasteiger partial charge in [0.15, 0.2) is 5.82 Å². The van der Waals surface area contributed by atoms with E-state index < -0.39 is 20.9 Å². The Bertz CT molecular complexity index is 569. The molecular weight excluding hydrogens is 291 g/mol. The first-order valence-corrected chi connectivity index (χ1v) is 8.99. The Morgan fingerprint density at radius 3 is 2.62 bits per heavy atom. The van der Waals surface area contributed by atoms with E-state index in [1.54, 1.807) is 0 Å². The highest BCUT2D eigenvalue weighted by molar-refractivity contribution is 7.89. The number of rotatable bonds is 6. The molecule has 1 fully saturated rings. The van der Waals surface area contributed by atoms with Gasteiger partial charge in [-0.15, -0.1) is 0 Å². The molecule has 0 amide bonds. The second-order valence-corrected chi connectivity index (χ2v) is 7.83. The van der Waals surface area contributed by atoms with Crippen molar-refractivity contribution in [2.45, 2.75) is 57.0 Å². The first kappa shape index (κ1) is 16.4. The maximum atomic E-state index is 13.9. The zero-order valence-corrected chi connectivity index (χ0v) is 13.4. The van der Waals surface area contributed by atoms with Gasteiger partial charge >= 0.3 is 0 Å². The molecule has 1 aliphatic carbocycles. The van der Waals surface area contributed by atoms with Crippen LogP contribution in [-0.4, -0.2) is 30.3 Å². The maximum absolute atomic E-state index is 13.9. The molecule has 0 N–H and O–H groups in total. The smallest absolute Gasteiger partial charge is 0.241 e. The van der Waals surface area contributed by atoms with E-state index in [4.69, 9.17) is 0 Å². The van der Waals surface area contributed by atoms with Crippen molar-refractivity contribution < 1.29 is 12.8 Å². The second-order valence-electron chi connectivity index (χ2n) is 6.03. The summed E-state index contributed by atoms with van der Waals surface area (Å²) in [4.78, 5) is 3.76. The van der Waals surface area contributed by atoms with Crippen molar-refractivity contribution in [2.75, 3.05) is 6.54 Å². The molecule has 1 aromatic rings. The summed E-state index contributed by atoms with van der Waals surface area (Å²) < 4.78 is 40.9. The van der Waals surface area contributed by atoms with Crippen molar-refractivity contribution in [1.82, 2.24) is 9.29 Å². The third-order valence-corrected chi connectivity index (χ3v) is 5.82. The van der Waals surface area contributed by atoms with Crippen molar-refractivity contribution >= 4 is 10.0 Å². The van der Waals surface area contributed by atoms with E-state index in [0.717, 1.165) is 38.2 Å². The minimum absolute atomic E-state index is 0.0184. The molecule has 4 nitrogen and oxygen atoms in total. The summed E-state index contributed by atoms with van der Waals surface area (Å²) in [5.41, 5.74) is 0. The van der Waals surface area contributed by atoms with Gasteiger partial charge in [0, 0.05) is 18.8 Å². The van der Waals surface area contributed by atoms with Crippen LogP contribution in [0.2, 0.25) is 0 Å². The predicted molar refractivity (Wildman–Crippen MR) is 79.8 cm³/mol. The van der Waals surface area contributed by atoms with Crippen LogP contribution in [0.1, 0.15) is 46.0 Å². The lowest BCUT2D eigenvalue weighted by Crippen LogP contribution is -2.40. The van der Waals surface area contributed by atoms with Crippen LogP contribution in [-0.2, 0) is 10.0 Å². The van der Waals surface area contributed by atoms with Gasteiger partial charge in [0.05, 0.1) is 0 Å². The van der Waals surface area contributed by atoms with Crippen LogP contribution in [0, 0.1) is 11.7 Å². The van der Waals surface area contributed by atoms with Gasteiger partial charge in [-0.05, 0) is 37.3 Å². The summed E-state index contributed by atoms with van der Waals surface area (Å²) in [5, 5.41) is -0.444. The van der Waals surface area contributed by atoms with E-state index >= 15 is 0 Å².